The van der Waals surface area contributed by atoms with E-state index in [1.807, 2.05) is 27.7 Å². The van der Waals surface area contributed by atoms with Gasteiger partial charge in [-0.15, -0.1) is 0 Å². The van der Waals surface area contributed by atoms with Crippen LogP contribution >= 0.6 is 0 Å². The van der Waals surface area contributed by atoms with E-state index in [-0.39, 0.29) is 12.1 Å². The van der Waals surface area contributed by atoms with Gasteiger partial charge in [-0.25, -0.2) is 0 Å². The van der Waals surface area contributed by atoms with Crippen LogP contribution in [0.2, 0.25) is 0 Å². The molecule has 0 fully saturated rings. The fraction of sp³-hybridized carbons (Fsp3) is 1.00. The topological polar surface area (TPSA) is 41.5 Å². The Morgan fingerprint density at radius 2 is 1.70 bits per heavy atom. The van der Waals surface area contributed by atoms with Crippen molar-refractivity contribution in [2.24, 2.45) is 5.18 Å². The van der Waals surface area contributed by atoms with Gasteiger partial charge in [0, 0.05) is 12.1 Å². The molecule has 0 saturated heterocycles. The summed E-state index contributed by atoms with van der Waals surface area (Å²) in [5, 5.41) is 6.13. The molecule has 0 aliphatic heterocycles. The summed E-state index contributed by atoms with van der Waals surface area (Å²) in [4.78, 5) is 10.0. The van der Waals surface area contributed by atoms with Gasteiger partial charge >= 0.3 is 0 Å². The van der Waals surface area contributed by atoms with E-state index in [2.05, 4.69) is 10.5 Å². The summed E-state index contributed by atoms with van der Waals surface area (Å²) < 4.78 is 0. The number of rotatable bonds is 4. The molecule has 0 heterocycles. The molecule has 0 spiro atoms. The number of nitroso groups, excluding NO2 is 1. The minimum atomic E-state index is -0.137. The van der Waals surface area contributed by atoms with Gasteiger partial charge in [-0.2, -0.15) is 4.91 Å². The lowest BCUT2D eigenvalue weighted by Crippen LogP contribution is -2.38. The Morgan fingerprint density at radius 3 is 2.00 bits per heavy atom. The molecule has 0 aromatic heterocycles. The lowest BCUT2D eigenvalue weighted by Gasteiger charge is -2.17. The summed E-state index contributed by atoms with van der Waals surface area (Å²) in [6.07, 6.45) is 0. The average Bonchev–Trinajstić information content (AvgIpc) is 1.85. The average molecular weight is 144 g/mol. The van der Waals surface area contributed by atoms with Crippen molar-refractivity contribution in [3.05, 3.63) is 4.91 Å². The van der Waals surface area contributed by atoms with Crippen LogP contribution in [0.4, 0.5) is 0 Å². The first-order chi connectivity index (χ1) is 4.57. The molecule has 0 bridgehead atoms. The summed E-state index contributed by atoms with van der Waals surface area (Å²) in [5.74, 6) is 0. The van der Waals surface area contributed by atoms with E-state index in [1.165, 1.54) is 0 Å². The van der Waals surface area contributed by atoms with Crippen molar-refractivity contribution >= 4 is 0 Å². The van der Waals surface area contributed by atoms with Gasteiger partial charge < -0.3 is 5.32 Å². The van der Waals surface area contributed by atoms with E-state index < -0.39 is 0 Å². The highest BCUT2D eigenvalue weighted by atomic mass is 16.3. The molecule has 3 heteroatoms. The van der Waals surface area contributed by atoms with Crippen LogP contribution in [0.3, 0.4) is 0 Å². The highest BCUT2D eigenvalue weighted by molar-refractivity contribution is 4.74. The zero-order valence-corrected chi connectivity index (χ0v) is 7.09. The highest BCUT2D eigenvalue weighted by Crippen LogP contribution is 1.97. The Bertz CT molecular complexity index is 104. The van der Waals surface area contributed by atoms with Gasteiger partial charge in [0.2, 0.25) is 0 Å². The molecule has 3 nitrogen and oxygen atoms in total. The highest BCUT2D eigenvalue weighted by Gasteiger charge is 2.11. The smallest absolute Gasteiger partial charge is 0.104 e. The second-order valence-corrected chi connectivity index (χ2v) is 2.96. The third-order valence-electron chi connectivity index (χ3n) is 1.49. The van der Waals surface area contributed by atoms with Gasteiger partial charge in [-0.05, 0) is 13.8 Å². The molecule has 1 N–H and O–H groups in total. The van der Waals surface area contributed by atoms with Crippen molar-refractivity contribution in [2.45, 2.75) is 45.8 Å². The number of nitrogens with one attached hydrogen (secondary N) is 1. The molecule has 0 rings (SSSR count). The molecule has 0 amide bonds. The third-order valence-corrected chi connectivity index (χ3v) is 1.49. The normalized spacial score (nSPS) is 16.9. The standard InChI is InChI=1S/C7H16N2O/c1-5(2)8-6(3)7(4)9-10/h5-8H,1-4H3. The van der Waals surface area contributed by atoms with Gasteiger partial charge in [0.25, 0.3) is 0 Å². The first-order valence-electron chi connectivity index (χ1n) is 3.66. The zero-order valence-electron chi connectivity index (χ0n) is 7.09. The summed E-state index contributed by atoms with van der Waals surface area (Å²) in [5.41, 5.74) is 0. The lowest BCUT2D eigenvalue weighted by molar-refractivity contribution is 0.438. The van der Waals surface area contributed by atoms with Crippen molar-refractivity contribution in [1.82, 2.24) is 5.32 Å². The van der Waals surface area contributed by atoms with Gasteiger partial charge in [0.05, 0.1) is 0 Å². The fourth-order valence-electron chi connectivity index (χ4n) is 0.756. The predicted octanol–water partition coefficient (Wildman–Crippen LogP) is 1.53. The third kappa shape index (κ3) is 3.56. The van der Waals surface area contributed by atoms with E-state index in [1.54, 1.807) is 0 Å². The van der Waals surface area contributed by atoms with Crippen LogP contribution in [0.25, 0.3) is 0 Å². The van der Waals surface area contributed by atoms with E-state index in [0.717, 1.165) is 0 Å². The van der Waals surface area contributed by atoms with E-state index in [0.29, 0.717) is 6.04 Å². The molecule has 0 aromatic carbocycles. The largest absolute Gasteiger partial charge is 0.310 e. The fourth-order valence-corrected chi connectivity index (χ4v) is 0.756. The van der Waals surface area contributed by atoms with Crippen molar-refractivity contribution in [3.63, 3.8) is 0 Å². The van der Waals surface area contributed by atoms with Crippen molar-refractivity contribution in [1.29, 1.82) is 0 Å². The van der Waals surface area contributed by atoms with Gasteiger partial charge in [-0.3, -0.25) is 0 Å². The van der Waals surface area contributed by atoms with Crippen LogP contribution in [-0.2, 0) is 0 Å². The summed E-state index contributed by atoms with van der Waals surface area (Å²) in [6, 6.07) is 0.457. The molecule has 2 atom stereocenters. The molecule has 0 aliphatic rings. The maximum Gasteiger partial charge on any atom is 0.104 e. The Labute approximate surface area is 62.2 Å². The van der Waals surface area contributed by atoms with E-state index in [4.69, 9.17) is 0 Å². The van der Waals surface area contributed by atoms with Gasteiger partial charge in [-0.1, -0.05) is 19.0 Å². The molecule has 0 saturated carbocycles. The molecular weight excluding hydrogens is 128 g/mol. The first-order valence-corrected chi connectivity index (χ1v) is 3.66. The predicted molar refractivity (Wildman–Crippen MR) is 43.0 cm³/mol. The maximum atomic E-state index is 10.0. The number of hydrogen-bond acceptors (Lipinski definition) is 3. The summed E-state index contributed by atoms with van der Waals surface area (Å²) in [6.45, 7) is 7.88. The molecule has 0 radical (unpaired) electrons. The SMILES string of the molecule is CC(C)NC(C)C(C)N=O. The quantitative estimate of drug-likeness (QED) is 0.608. The molecule has 10 heavy (non-hydrogen) atoms. The maximum absolute atomic E-state index is 10.0. The first kappa shape index (κ1) is 9.56. The zero-order chi connectivity index (χ0) is 8.15. The molecule has 60 valence electrons. The Kier molecular flexibility index (Phi) is 4.19. The minimum Gasteiger partial charge on any atom is -0.310 e. The number of hydrogen-bond donors (Lipinski definition) is 1. The van der Waals surface area contributed by atoms with Crippen LogP contribution in [0.1, 0.15) is 27.7 Å². The van der Waals surface area contributed by atoms with Crippen molar-refractivity contribution in [2.75, 3.05) is 0 Å². The van der Waals surface area contributed by atoms with Crippen molar-refractivity contribution in [3.8, 4) is 0 Å². The monoisotopic (exact) mass is 144 g/mol. The molecule has 2 unspecified atom stereocenters. The van der Waals surface area contributed by atoms with E-state index in [9.17, 15) is 4.91 Å². The Balaban J connectivity index is 3.60. The number of nitrogens with zero attached hydrogens (tertiary/aromatic N) is 1. The van der Waals surface area contributed by atoms with Gasteiger partial charge in [0.1, 0.15) is 6.04 Å². The van der Waals surface area contributed by atoms with Crippen molar-refractivity contribution < 1.29 is 0 Å². The minimum absolute atomic E-state index is 0.137. The lowest BCUT2D eigenvalue weighted by atomic mass is 10.1. The molecule has 0 aromatic rings. The van der Waals surface area contributed by atoms with Gasteiger partial charge in [0.15, 0.2) is 0 Å². The molecule has 0 aliphatic carbocycles. The van der Waals surface area contributed by atoms with Crippen LogP contribution in [0.15, 0.2) is 5.18 Å². The van der Waals surface area contributed by atoms with Crippen LogP contribution < -0.4 is 5.32 Å². The van der Waals surface area contributed by atoms with E-state index >= 15 is 0 Å². The molecular formula is C7H16N2O. The van der Waals surface area contributed by atoms with Crippen LogP contribution in [0.5, 0.6) is 0 Å². The Hall–Kier alpha value is -0.440. The second kappa shape index (κ2) is 4.39. The van der Waals surface area contributed by atoms with Crippen LogP contribution in [-0.4, -0.2) is 18.1 Å². The summed E-state index contributed by atoms with van der Waals surface area (Å²) in [7, 11) is 0. The Morgan fingerprint density at radius 1 is 1.20 bits per heavy atom. The second-order valence-electron chi connectivity index (χ2n) is 2.96. The van der Waals surface area contributed by atoms with Crippen LogP contribution in [0, 0.1) is 4.91 Å². The summed E-state index contributed by atoms with van der Waals surface area (Å²) >= 11 is 0.